The molecule has 0 bridgehead atoms. The standard InChI is InChI=1S/C13H17FN4O2/c14-12-11(18-5-3-15-4-6-18)2-1-10(17-12)13(19)16-9-7-20-8-9/h1-2,9,15H,3-8H2,(H,16,19). The smallest absolute Gasteiger partial charge is 0.270 e. The maximum Gasteiger partial charge on any atom is 0.270 e. The molecule has 20 heavy (non-hydrogen) atoms. The topological polar surface area (TPSA) is 66.5 Å². The molecule has 0 aromatic carbocycles. The zero-order valence-electron chi connectivity index (χ0n) is 11.1. The number of hydrogen-bond acceptors (Lipinski definition) is 5. The van der Waals surface area contributed by atoms with Crippen molar-refractivity contribution in [3.63, 3.8) is 0 Å². The van der Waals surface area contributed by atoms with Crippen molar-refractivity contribution in [2.75, 3.05) is 44.3 Å². The van der Waals surface area contributed by atoms with Gasteiger partial charge in [0.25, 0.3) is 5.91 Å². The zero-order chi connectivity index (χ0) is 13.9. The lowest BCUT2D eigenvalue weighted by Crippen LogP contribution is -2.48. The Morgan fingerprint density at radius 1 is 1.40 bits per heavy atom. The normalized spacial score (nSPS) is 19.6. The fourth-order valence-electron chi connectivity index (χ4n) is 2.27. The van der Waals surface area contributed by atoms with Crippen molar-refractivity contribution in [3.8, 4) is 0 Å². The molecule has 0 radical (unpaired) electrons. The van der Waals surface area contributed by atoms with Gasteiger partial charge in [0, 0.05) is 26.2 Å². The molecular weight excluding hydrogens is 263 g/mol. The van der Waals surface area contributed by atoms with Crippen LogP contribution in [0.3, 0.4) is 0 Å². The van der Waals surface area contributed by atoms with Gasteiger partial charge in [0.15, 0.2) is 0 Å². The summed E-state index contributed by atoms with van der Waals surface area (Å²) >= 11 is 0. The number of carbonyl (C=O) groups is 1. The van der Waals surface area contributed by atoms with E-state index in [0.29, 0.717) is 18.9 Å². The molecule has 2 aliphatic rings. The molecule has 1 aromatic heterocycles. The van der Waals surface area contributed by atoms with Crippen LogP contribution >= 0.6 is 0 Å². The average molecular weight is 280 g/mol. The Labute approximate surface area is 116 Å². The van der Waals surface area contributed by atoms with E-state index < -0.39 is 5.95 Å². The summed E-state index contributed by atoms with van der Waals surface area (Å²) in [5.74, 6) is -0.950. The summed E-state index contributed by atoms with van der Waals surface area (Å²) in [7, 11) is 0. The van der Waals surface area contributed by atoms with Gasteiger partial charge in [-0.2, -0.15) is 4.39 Å². The second kappa shape index (κ2) is 5.72. The molecular formula is C13H17FN4O2. The third-order valence-electron chi connectivity index (χ3n) is 3.49. The molecule has 3 heterocycles. The minimum Gasteiger partial charge on any atom is -0.377 e. The first kappa shape index (κ1) is 13.3. The fraction of sp³-hybridized carbons (Fsp3) is 0.538. The van der Waals surface area contributed by atoms with Crippen LogP contribution in [0.25, 0.3) is 0 Å². The highest BCUT2D eigenvalue weighted by molar-refractivity contribution is 5.92. The van der Waals surface area contributed by atoms with Crippen LogP contribution < -0.4 is 15.5 Å². The Kier molecular flexibility index (Phi) is 3.79. The Morgan fingerprint density at radius 2 is 2.15 bits per heavy atom. The lowest BCUT2D eigenvalue weighted by molar-refractivity contribution is -0.00356. The molecule has 3 rings (SSSR count). The van der Waals surface area contributed by atoms with Crippen LogP contribution in [0, 0.1) is 5.95 Å². The van der Waals surface area contributed by atoms with Crippen LogP contribution in [0.4, 0.5) is 10.1 Å². The van der Waals surface area contributed by atoms with Gasteiger partial charge in [-0.3, -0.25) is 4.79 Å². The molecule has 2 N–H and O–H groups in total. The van der Waals surface area contributed by atoms with E-state index in [1.165, 1.54) is 0 Å². The number of amides is 1. The Hall–Kier alpha value is -1.73. The summed E-state index contributed by atoms with van der Waals surface area (Å²) in [4.78, 5) is 17.6. The Morgan fingerprint density at radius 3 is 2.75 bits per heavy atom. The van der Waals surface area contributed by atoms with Gasteiger partial charge in [-0.25, -0.2) is 4.98 Å². The zero-order valence-corrected chi connectivity index (χ0v) is 11.1. The van der Waals surface area contributed by atoms with Crippen molar-refractivity contribution in [1.29, 1.82) is 0 Å². The van der Waals surface area contributed by atoms with Crippen LogP contribution in [0.1, 0.15) is 10.5 Å². The SMILES string of the molecule is O=C(NC1COC1)c1ccc(N2CCNCC2)c(F)n1. The molecule has 0 aliphatic carbocycles. The van der Waals surface area contributed by atoms with Crippen molar-refractivity contribution in [2.24, 2.45) is 0 Å². The maximum absolute atomic E-state index is 14.1. The van der Waals surface area contributed by atoms with E-state index >= 15 is 0 Å². The first-order chi connectivity index (χ1) is 9.74. The molecule has 0 unspecified atom stereocenters. The van der Waals surface area contributed by atoms with Gasteiger partial charge in [-0.05, 0) is 12.1 Å². The van der Waals surface area contributed by atoms with E-state index in [1.54, 1.807) is 12.1 Å². The first-order valence-corrected chi connectivity index (χ1v) is 6.75. The van der Waals surface area contributed by atoms with Crippen LogP contribution in [0.15, 0.2) is 12.1 Å². The molecule has 7 heteroatoms. The third-order valence-corrected chi connectivity index (χ3v) is 3.49. The molecule has 6 nitrogen and oxygen atoms in total. The average Bonchev–Trinajstić information content (AvgIpc) is 2.43. The van der Waals surface area contributed by atoms with E-state index in [4.69, 9.17) is 4.74 Å². The molecule has 2 saturated heterocycles. The summed E-state index contributed by atoms with van der Waals surface area (Å²) in [6.45, 7) is 4.14. The second-order valence-electron chi connectivity index (χ2n) is 4.95. The number of aromatic nitrogens is 1. The summed E-state index contributed by atoms with van der Waals surface area (Å²) in [5, 5.41) is 5.95. The molecule has 1 aromatic rings. The van der Waals surface area contributed by atoms with Gasteiger partial charge >= 0.3 is 0 Å². The van der Waals surface area contributed by atoms with E-state index in [1.807, 2.05) is 4.90 Å². The third kappa shape index (κ3) is 2.73. The van der Waals surface area contributed by atoms with Gasteiger partial charge < -0.3 is 20.3 Å². The molecule has 2 fully saturated rings. The molecule has 1 amide bonds. The first-order valence-electron chi connectivity index (χ1n) is 6.75. The Balaban J connectivity index is 1.70. The Bertz CT molecular complexity index is 501. The van der Waals surface area contributed by atoms with Crippen LogP contribution in [0.5, 0.6) is 0 Å². The lowest BCUT2D eigenvalue weighted by Gasteiger charge is -2.29. The van der Waals surface area contributed by atoms with Crippen molar-refractivity contribution in [2.45, 2.75) is 6.04 Å². The highest BCUT2D eigenvalue weighted by Gasteiger charge is 2.23. The molecule has 108 valence electrons. The van der Waals surface area contributed by atoms with Crippen LogP contribution in [0.2, 0.25) is 0 Å². The largest absolute Gasteiger partial charge is 0.377 e. The predicted octanol–water partition coefficient (Wildman–Crippen LogP) is -0.241. The second-order valence-corrected chi connectivity index (χ2v) is 4.95. The molecule has 2 aliphatic heterocycles. The van der Waals surface area contributed by atoms with Crippen molar-refractivity contribution < 1.29 is 13.9 Å². The van der Waals surface area contributed by atoms with E-state index in [0.717, 1.165) is 26.2 Å². The predicted molar refractivity (Wildman–Crippen MR) is 71.4 cm³/mol. The monoisotopic (exact) mass is 280 g/mol. The van der Waals surface area contributed by atoms with E-state index in [-0.39, 0.29) is 17.6 Å². The minimum atomic E-state index is -0.593. The number of nitrogens with one attached hydrogen (secondary N) is 2. The van der Waals surface area contributed by atoms with Crippen LogP contribution in [-0.4, -0.2) is 56.3 Å². The number of pyridine rings is 1. The molecule has 0 spiro atoms. The highest BCUT2D eigenvalue weighted by Crippen LogP contribution is 2.18. The van der Waals surface area contributed by atoms with Crippen molar-refractivity contribution in [3.05, 3.63) is 23.8 Å². The number of piperazine rings is 1. The van der Waals surface area contributed by atoms with E-state index in [9.17, 15) is 9.18 Å². The van der Waals surface area contributed by atoms with Crippen molar-refractivity contribution in [1.82, 2.24) is 15.6 Å². The number of ether oxygens (including phenoxy) is 1. The van der Waals surface area contributed by atoms with Gasteiger partial charge in [0.05, 0.1) is 24.9 Å². The fourth-order valence-corrected chi connectivity index (χ4v) is 2.27. The van der Waals surface area contributed by atoms with Gasteiger partial charge in [0.2, 0.25) is 5.95 Å². The number of carbonyl (C=O) groups excluding carboxylic acids is 1. The van der Waals surface area contributed by atoms with Crippen LogP contribution in [-0.2, 0) is 4.74 Å². The number of rotatable bonds is 3. The summed E-state index contributed by atoms with van der Waals surface area (Å²) in [6.07, 6.45) is 0. The number of halogens is 1. The highest BCUT2D eigenvalue weighted by atomic mass is 19.1. The summed E-state index contributed by atoms with van der Waals surface area (Å²) in [6, 6.07) is 3.20. The van der Waals surface area contributed by atoms with Crippen molar-refractivity contribution >= 4 is 11.6 Å². The molecule has 0 saturated carbocycles. The lowest BCUT2D eigenvalue weighted by atomic mass is 10.2. The number of nitrogens with zero attached hydrogens (tertiary/aromatic N) is 2. The van der Waals surface area contributed by atoms with Gasteiger partial charge in [-0.15, -0.1) is 0 Å². The summed E-state index contributed by atoms with van der Waals surface area (Å²) < 4.78 is 19.0. The van der Waals surface area contributed by atoms with E-state index in [2.05, 4.69) is 15.6 Å². The van der Waals surface area contributed by atoms with Gasteiger partial charge in [0.1, 0.15) is 5.69 Å². The minimum absolute atomic E-state index is 0.0141. The summed E-state index contributed by atoms with van der Waals surface area (Å²) in [5.41, 5.74) is 0.559. The number of anilines is 1. The quantitative estimate of drug-likeness (QED) is 0.748. The van der Waals surface area contributed by atoms with Gasteiger partial charge in [-0.1, -0.05) is 0 Å². The maximum atomic E-state index is 14.1. The molecule has 0 atom stereocenters. The number of hydrogen-bond donors (Lipinski definition) is 2.